The fraction of sp³-hybridized carbons (Fsp3) is 0.250. The molecule has 80 valence electrons. The minimum absolute atomic E-state index is 0.890. The summed E-state index contributed by atoms with van der Waals surface area (Å²) < 4.78 is 1.97. The van der Waals surface area contributed by atoms with Crippen molar-refractivity contribution in [2.24, 2.45) is 0 Å². The minimum Gasteiger partial charge on any atom is -0.280 e. The molecule has 3 aromatic heterocycles. The van der Waals surface area contributed by atoms with Crippen LogP contribution in [0, 0.1) is 0 Å². The van der Waals surface area contributed by atoms with Crippen LogP contribution in [0.25, 0.3) is 16.7 Å². The van der Waals surface area contributed by atoms with Gasteiger partial charge in [0.15, 0.2) is 5.65 Å². The SMILES string of the molecule is CCCc1ccc2ncc3cncn3c2n1. The van der Waals surface area contributed by atoms with E-state index in [9.17, 15) is 0 Å². The van der Waals surface area contributed by atoms with Crippen molar-refractivity contribution in [3.05, 3.63) is 36.5 Å². The molecular weight excluding hydrogens is 200 g/mol. The molecule has 0 radical (unpaired) electrons. The van der Waals surface area contributed by atoms with E-state index in [0.29, 0.717) is 0 Å². The Hall–Kier alpha value is -1.97. The molecule has 4 nitrogen and oxygen atoms in total. The van der Waals surface area contributed by atoms with Crippen molar-refractivity contribution in [2.75, 3.05) is 0 Å². The molecule has 3 rings (SSSR count). The lowest BCUT2D eigenvalue weighted by Crippen LogP contribution is -1.96. The second-order valence-corrected chi connectivity index (χ2v) is 3.84. The van der Waals surface area contributed by atoms with E-state index >= 15 is 0 Å². The first-order valence-corrected chi connectivity index (χ1v) is 5.45. The van der Waals surface area contributed by atoms with Gasteiger partial charge in [-0.2, -0.15) is 0 Å². The van der Waals surface area contributed by atoms with Crippen molar-refractivity contribution < 1.29 is 0 Å². The summed E-state index contributed by atoms with van der Waals surface area (Å²) in [5.41, 5.74) is 3.89. The Balaban J connectivity index is 2.33. The predicted octanol–water partition coefficient (Wildman–Crippen LogP) is 2.23. The highest BCUT2D eigenvalue weighted by molar-refractivity contribution is 5.73. The molecule has 0 saturated carbocycles. The zero-order valence-electron chi connectivity index (χ0n) is 9.09. The Morgan fingerprint density at radius 1 is 1.25 bits per heavy atom. The van der Waals surface area contributed by atoms with Gasteiger partial charge in [0.1, 0.15) is 11.8 Å². The molecule has 0 spiro atoms. The molecule has 16 heavy (non-hydrogen) atoms. The zero-order chi connectivity index (χ0) is 11.0. The molecule has 0 amide bonds. The maximum atomic E-state index is 4.63. The summed E-state index contributed by atoms with van der Waals surface area (Å²) in [6.07, 6.45) is 7.49. The van der Waals surface area contributed by atoms with Gasteiger partial charge in [-0.15, -0.1) is 0 Å². The number of aryl methyl sites for hydroxylation is 1. The van der Waals surface area contributed by atoms with Crippen molar-refractivity contribution in [1.29, 1.82) is 0 Å². The Labute approximate surface area is 93.0 Å². The fourth-order valence-corrected chi connectivity index (χ4v) is 1.87. The average molecular weight is 212 g/mol. The molecule has 0 N–H and O–H groups in total. The molecule has 3 aromatic rings. The lowest BCUT2D eigenvalue weighted by Gasteiger charge is -2.03. The van der Waals surface area contributed by atoms with Gasteiger partial charge in [-0.05, 0) is 18.6 Å². The number of rotatable bonds is 2. The van der Waals surface area contributed by atoms with Crippen LogP contribution >= 0.6 is 0 Å². The standard InChI is InChI=1S/C12H12N4/c1-2-3-9-4-5-11-12(15-9)16-8-13-6-10(16)7-14-11/h4-8H,2-3H2,1H3. The van der Waals surface area contributed by atoms with Crippen LogP contribution in [0.1, 0.15) is 19.0 Å². The van der Waals surface area contributed by atoms with Gasteiger partial charge in [0.2, 0.25) is 0 Å². The molecule has 0 aliphatic carbocycles. The predicted molar refractivity (Wildman–Crippen MR) is 62.3 cm³/mol. The van der Waals surface area contributed by atoms with Crippen LogP contribution in [-0.4, -0.2) is 19.4 Å². The van der Waals surface area contributed by atoms with Crippen molar-refractivity contribution in [1.82, 2.24) is 19.4 Å². The van der Waals surface area contributed by atoms with Gasteiger partial charge in [0, 0.05) is 5.69 Å². The van der Waals surface area contributed by atoms with Gasteiger partial charge >= 0.3 is 0 Å². The Bertz CT molecular complexity index is 642. The van der Waals surface area contributed by atoms with E-state index < -0.39 is 0 Å². The molecule has 0 unspecified atom stereocenters. The summed E-state index contributed by atoms with van der Waals surface area (Å²) in [6, 6.07) is 4.06. The summed E-state index contributed by atoms with van der Waals surface area (Å²) in [7, 11) is 0. The summed E-state index contributed by atoms with van der Waals surface area (Å²) in [5.74, 6) is 0. The molecule has 0 aliphatic heterocycles. The largest absolute Gasteiger partial charge is 0.280 e. The van der Waals surface area contributed by atoms with Crippen molar-refractivity contribution in [3.8, 4) is 0 Å². The molecular formula is C12H12N4. The van der Waals surface area contributed by atoms with Gasteiger partial charge in [0.05, 0.1) is 17.9 Å². The number of aromatic nitrogens is 4. The van der Waals surface area contributed by atoms with Crippen LogP contribution in [0.4, 0.5) is 0 Å². The maximum absolute atomic E-state index is 4.63. The molecule has 0 bridgehead atoms. The summed E-state index contributed by atoms with van der Waals surface area (Å²) >= 11 is 0. The first kappa shape index (κ1) is 9.27. The highest BCUT2D eigenvalue weighted by Crippen LogP contribution is 2.13. The van der Waals surface area contributed by atoms with Gasteiger partial charge in [-0.1, -0.05) is 13.3 Å². The monoisotopic (exact) mass is 212 g/mol. The third-order valence-corrected chi connectivity index (χ3v) is 2.65. The van der Waals surface area contributed by atoms with E-state index in [4.69, 9.17) is 0 Å². The van der Waals surface area contributed by atoms with Gasteiger partial charge in [-0.3, -0.25) is 9.38 Å². The zero-order valence-corrected chi connectivity index (χ0v) is 9.09. The smallest absolute Gasteiger partial charge is 0.164 e. The third kappa shape index (κ3) is 1.34. The second-order valence-electron chi connectivity index (χ2n) is 3.84. The first-order valence-electron chi connectivity index (χ1n) is 5.45. The van der Waals surface area contributed by atoms with E-state index in [2.05, 4.69) is 21.9 Å². The Morgan fingerprint density at radius 3 is 3.06 bits per heavy atom. The normalized spacial score (nSPS) is 11.3. The van der Waals surface area contributed by atoms with E-state index in [-0.39, 0.29) is 0 Å². The number of hydrogen-bond donors (Lipinski definition) is 0. The number of imidazole rings is 1. The van der Waals surface area contributed by atoms with Crippen LogP contribution in [0.3, 0.4) is 0 Å². The van der Waals surface area contributed by atoms with Gasteiger partial charge in [-0.25, -0.2) is 9.97 Å². The van der Waals surface area contributed by atoms with E-state index in [1.807, 2.05) is 22.7 Å². The number of nitrogens with zero attached hydrogens (tertiary/aromatic N) is 4. The minimum atomic E-state index is 0.890. The van der Waals surface area contributed by atoms with Crippen LogP contribution in [0.2, 0.25) is 0 Å². The molecule has 0 fully saturated rings. The van der Waals surface area contributed by atoms with Gasteiger partial charge in [0.25, 0.3) is 0 Å². The van der Waals surface area contributed by atoms with Crippen LogP contribution < -0.4 is 0 Å². The topological polar surface area (TPSA) is 43.1 Å². The van der Waals surface area contributed by atoms with Crippen molar-refractivity contribution in [2.45, 2.75) is 19.8 Å². The van der Waals surface area contributed by atoms with E-state index in [1.54, 1.807) is 12.5 Å². The summed E-state index contributed by atoms with van der Waals surface area (Å²) in [4.78, 5) is 13.1. The quantitative estimate of drug-likeness (QED) is 0.654. The lowest BCUT2D eigenvalue weighted by atomic mass is 10.2. The van der Waals surface area contributed by atoms with E-state index in [0.717, 1.165) is 35.2 Å². The number of fused-ring (bicyclic) bond motifs is 3. The molecule has 0 aliphatic rings. The molecule has 4 heteroatoms. The Morgan fingerprint density at radius 2 is 2.19 bits per heavy atom. The molecule has 0 atom stereocenters. The van der Waals surface area contributed by atoms with Crippen LogP contribution in [0.5, 0.6) is 0 Å². The second kappa shape index (κ2) is 3.56. The molecule has 0 saturated heterocycles. The maximum Gasteiger partial charge on any atom is 0.164 e. The molecule has 0 aromatic carbocycles. The highest BCUT2D eigenvalue weighted by Gasteiger charge is 2.03. The summed E-state index contributed by atoms with van der Waals surface area (Å²) in [6.45, 7) is 2.15. The van der Waals surface area contributed by atoms with Crippen LogP contribution in [-0.2, 0) is 6.42 Å². The first-order chi connectivity index (χ1) is 7.88. The Kier molecular flexibility index (Phi) is 2.06. The fourth-order valence-electron chi connectivity index (χ4n) is 1.87. The lowest BCUT2D eigenvalue weighted by molar-refractivity contribution is 0.884. The molecule has 3 heterocycles. The number of hydrogen-bond acceptors (Lipinski definition) is 3. The van der Waals surface area contributed by atoms with Crippen LogP contribution in [0.15, 0.2) is 30.9 Å². The highest BCUT2D eigenvalue weighted by atomic mass is 15.0. The number of pyridine rings is 1. The van der Waals surface area contributed by atoms with Gasteiger partial charge < -0.3 is 0 Å². The average Bonchev–Trinajstić information content (AvgIpc) is 2.78. The third-order valence-electron chi connectivity index (χ3n) is 2.65. The van der Waals surface area contributed by atoms with E-state index in [1.165, 1.54) is 0 Å². The van der Waals surface area contributed by atoms with Crippen molar-refractivity contribution >= 4 is 16.7 Å². The summed E-state index contributed by atoms with van der Waals surface area (Å²) in [5, 5.41) is 0. The van der Waals surface area contributed by atoms with Crippen molar-refractivity contribution in [3.63, 3.8) is 0 Å².